The summed E-state index contributed by atoms with van der Waals surface area (Å²) >= 11 is 3.07. The molecule has 32 heavy (non-hydrogen) atoms. The SMILES string of the molecule is CSc1ccc2nc(NC(=O)c3ccc(S(=O)(=O)N(CC(C)C)CC(C)C)cc3)sc2c1. The molecular weight excluding hydrogens is 462 g/mol. The molecule has 0 saturated carbocycles. The number of hydrogen-bond acceptors (Lipinski definition) is 6. The van der Waals surface area contributed by atoms with Crippen LogP contribution >= 0.6 is 23.1 Å². The van der Waals surface area contributed by atoms with E-state index < -0.39 is 10.0 Å². The van der Waals surface area contributed by atoms with Crippen molar-refractivity contribution < 1.29 is 13.2 Å². The van der Waals surface area contributed by atoms with Crippen molar-refractivity contribution in [3.63, 3.8) is 0 Å². The van der Waals surface area contributed by atoms with Gasteiger partial charge >= 0.3 is 0 Å². The fourth-order valence-corrected chi connectivity index (χ4v) is 6.45. The molecule has 3 aromatic rings. The quantitative estimate of drug-likeness (QED) is 0.396. The molecule has 6 nitrogen and oxygen atoms in total. The lowest BCUT2D eigenvalue weighted by Gasteiger charge is -2.25. The van der Waals surface area contributed by atoms with E-state index in [2.05, 4.69) is 10.3 Å². The van der Waals surface area contributed by atoms with E-state index >= 15 is 0 Å². The van der Waals surface area contributed by atoms with Crippen LogP contribution in [0.15, 0.2) is 52.3 Å². The van der Waals surface area contributed by atoms with Crippen molar-refractivity contribution >= 4 is 54.4 Å². The van der Waals surface area contributed by atoms with Crippen molar-refractivity contribution in [2.75, 3.05) is 24.7 Å². The fourth-order valence-electron chi connectivity index (χ4n) is 3.27. The first-order chi connectivity index (χ1) is 15.1. The molecule has 0 radical (unpaired) electrons. The van der Waals surface area contributed by atoms with Crippen LogP contribution in [0, 0.1) is 11.8 Å². The van der Waals surface area contributed by atoms with Crippen molar-refractivity contribution in [3.8, 4) is 0 Å². The third kappa shape index (κ3) is 5.89. The molecule has 0 atom stereocenters. The number of carbonyl (C=O) groups is 1. The lowest BCUT2D eigenvalue weighted by molar-refractivity contribution is 0.102. The van der Waals surface area contributed by atoms with Crippen LogP contribution in [0.1, 0.15) is 38.1 Å². The number of carbonyl (C=O) groups excluding carboxylic acids is 1. The first kappa shape index (κ1) is 24.7. The van der Waals surface area contributed by atoms with Crippen LogP contribution in [0.25, 0.3) is 10.2 Å². The smallest absolute Gasteiger partial charge is 0.257 e. The van der Waals surface area contributed by atoms with E-state index in [1.54, 1.807) is 23.9 Å². The Morgan fingerprint density at radius 1 is 1.06 bits per heavy atom. The molecule has 0 fully saturated rings. The molecule has 0 aliphatic carbocycles. The van der Waals surface area contributed by atoms with Crippen molar-refractivity contribution in [1.29, 1.82) is 0 Å². The lowest BCUT2D eigenvalue weighted by atomic mass is 10.2. The maximum absolute atomic E-state index is 13.1. The van der Waals surface area contributed by atoms with E-state index in [0.29, 0.717) is 23.8 Å². The van der Waals surface area contributed by atoms with Crippen LogP contribution < -0.4 is 5.32 Å². The minimum absolute atomic E-state index is 0.194. The Bertz CT molecular complexity index is 1180. The van der Waals surface area contributed by atoms with Gasteiger partial charge in [0.15, 0.2) is 5.13 Å². The summed E-state index contributed by atoms with van der Waals surface area (Å²) in [5, 5.41) is 3.33. The first-order valence-corrected chi connectivity index (χ1v) is 13.9. The zero-order chi connectivity index (χ0) is 23.5. The number of amides is 1. The van der Waals surface area contributed by atoms with Gasteiger partial charge < -0.3 is 0 Å². The van der Waals surface area contributed by atoms with Gasteiger partial charge in [-0.3, -0.25) is 10.1 Å². The van der Waals surface area contributed by atoms with Gasteiger partial charge in [-0.05, 0) is 60.6 Å². The number of hydrogen-bond donors (Lipinski definition) is 1. The first-order valence-electron chi connectivity index (χ1n) is 10.5. The Hall–Kier alpha value is -1.94. The molecule has 0 saturated heterocycles. The minimum Gasteiger partial charge on any atom is -0.298 e. The Balaban J connectivity index is 1.77. The second kappa shape index (κ2) is 10.3. The number of sulfonamides is 1. The van der Waals surface area contributed by atoms with E-state index in [1.807, 2.05) is 52.1 Å². The molecule has 3 rings (SSSR count). The van der Waals surface area contributed by atoms with Gasteiger partial charge in [-0.25, -0.2) is 13.4 Å². The van der Waals surface area contributed by atoms with Gasteiger partial charge in [-0.2, -0.15) is 4.31 Å². The average molecular weight is 492 g/mol. The summed E-state index contributed by atoms with van der Waals surface area (Å²) in [5.41, 5.74) is 1.22. The summed E-state index contributed by atoms with van der Waals surface area (Å²) in [7, 11) is -3.63. The largest absolute Gasteiger partial charge is 0.298 e. The number of rotatable bonds is 9. The highest BCUT2D eigenvalue weighted by atomic mass is 32.2. The number of fused-ring (bicyclic) bond motifs is 1. The topological polar surface area (TPSA) is 79.4 Å². The summed E-state index contributed by atoms with van der Waals surface area (Å²) < 4.78 is 28.8. The van der Waals surface area contributed by atoms with Gasteiger partial charge in [-0.1, -0.05) is 39.0 Å². The number of thiazole rings is 1. The highest BCUT2D eigenvalue weighted by Gasteiger charge is 2.26. The van der Waals surface area contributed by atoms with E-state index in [4.69, 9.17) is 0 Å². The molecule has 0 aliphatic rings. The van der Waals surface area contributed by atoms with Crippen molar-refractivity contribution in [1.82, 2.24) is 9.29 Å². The van der Waals surface area contributed by atoms with Crippen LogP contribution in [0.3, 0.4) is 0 Å². The van der Waals surface area contributed by atoms with Gasteiger partial charge in [-0.15, -0.1) is 11.8 Å². The van der Waals surface area contributed by atoms with Crippen LogP contribution in [0.4, 0.5) is 5.13 Å². The molecule has 0 spiro atoms. The maximum atomic E-state index is 13.1. The van der Waals surface area contributed by atoms with Gasteiger partial charge in [0.2, 0.25) is 10.0 Å². The Labute approximate surface area is 198 Å². The minimum atomic E-state index is -3.63. The van der Waals surface area contributed by atoms with Crippen molar-refractivity contribution in [2.45, 2.75) is 37.5 Å². The molecular formula is C23H29N3O3S3. The number of anilines is 1. The normalized spacial score (nSPS) is 12.2. The zero-order valence-electron chi connectivity index (χ0n) is 19.0. The summed E-state index contributed by atoms with van der Waals surface area (Å²) in [4.78, 5) is 18.5. The van der Waals surface area contributed by atoms with Crippen molar-refractivity contribution in [3.05, 3.63) is 48.0 Å². The number of nitrogens with one attached hydrogen (secondary N) is 1. The van der Waals surface area contributed by atoms with Crippen LogP contribution in [0.5, 0.6) is 0 Å². The van der Waals surface area contributed by atoms with Gasteiger partial charge in [0.25, 0.3) is 5.91 Å². The molecule has 172 valence electrons. The molecule has 1 heterocycles. The molecule has 0 aliphatic heterocycles. The summed E-state index contributed by atoms with van der Waals surface area (Å²) in [6, 6.07) is 12.1. The third-order valence-corrected chi connectivity index (χ3v) is 8.21. The van der Waals surface area contributed by atoms with Crippen LogP contribution in [-0.4, -0.2) is 43.0 Å². The van der Waals surface area contributed by atoms with E-state index in [-0.39, 0.29) is 22.6 Å². The van der Waals surface area contributed by atoms with Crippen LogP contribution in [0.2, 0.25) is 0 Å². The third-order valence-electron chi connectivity index (χ3n) is 4.71. The summed E-state index contributed by atoms with van der Waals surface area (Å²) in [6.45, 7) is 8.91. The average Bonchev–Trinajstić information content (AvgIpc) is 3.13. The van der Waals surface area contributed by atoms with E-state index in [0.717, 1.165) is 15.1 Å². The number of thioether (sulfide) groups is 1. The van der Waals surface area contributed by atoms with Crippen molar-refractivity contribution in [2.24, 2.45) is 11.8 Å². The van der Waals surface area contributed by atoms with E-state index in [1.165, 1.54) is 27.8 Å². The highest BCUT2D eigenvalue weighted by molar-refractivity contribution is 7.98. The zero-order valence-corrected chi connectivity index (χ0v) is 21.4. The van der Waals surface area contributed by atoms with E-state index in [9.17, 15) is 13.2 Å². The fraction of sp³-hybridized carbons (Fsp3) is 0.391. The maximum Gasteiger partial charge on any atom is 0.257 e. The van der Waals surface area contributed by atoms with Gasteiger partial charge in [0, 0.05) is 23.5 Å². The van der Waals surface area contributed by atoms with Crippen LogP contribution in [-0.2, 0) is 10.0 Å². The number of nitrogens with zero attached hydrogens (tertiary/aromatic N) is 2. The molecule has 1 N–H and O–H groups in total. The number of aromatic nitrogens is 1. The molecule has 0 bridgehead atoms. The second-order valence-electron chi connectivity index (χ2n) is 8.44. The standard InChI is InChI=1S/C23H29N3O3S3/c1-15(2)13-26(14-16(3)4)32(28,29)19-9-6-17(7-10-19)22(27)25-23-24-20-11-8-18(30-5)12-21(20)31-23/h6-12,15-16H,13-14H2,1-5H3,(H,24,25,27). The van der Waals surface area contributed by atoms with Gasteiger partial charge in [0.05, 0.1) is 15.1 Å². The summed E-state index contributed by atoms with van der Waals surface area (Å²) in [5.74, 6) is 0.114. The Morgan fingerprint density at radius 2 is 1.69 bits per heavy atom. The monoisotopic (exact) mass is 491 g/mol. The Kier molecular flexibility index (Phi) is 7.97. The van der Waals surface area contributed by atoms with Gasteiger partial charge in [0.1, 0.15) is 0 Å². The molecule has 1 aromatic heterocycles. The second-order valence-corrected chi connectivity index (χ2v) is 12.3. The number of benzene rings is 2. The molecule has 0 unspecified atom stereocenters. The summed E-state index contributed by atoms with van der Waals surface area (Å²) in [6.07, 6.45) is 2.01. The predicted molar refractivity (Wildman–Crippen MR) is 134 cm³/mol. The molecule has 1 amide bonds. The molecule has 2 aromatic carbocycles. The molecule has 9 heteroatoms. The predicted octanol–water partition coefficient (Wildman–Crippen LogP) is 5.57. The highest BCUT2D eigenvalue weighted by Crippen LogP contribution is 2.29. The lowest BCUT2D eigenvalue weighted by Crippen LogP contribution is -2.37. The Morgan fingerprint density at radius 3 is 2.25 bits per heavy atom.